The van der Waals surface area contributed by atoms with E-state index in [0.717, 1.165) is 17.7 Å². The van der Waals surface area contributed by atoms with Crippen LogP contribution in [-0.2, 0) is 10.1 Å². The van der Waals surface area contributed by atoms with Gasteiger partial charge in [-0.2, -0.15) is 8.42 Å². The molecule has 0 heterocycles. The highest BCUT2D eigenvalue weighted by Gasteiger charge is 2.19. The first-order chi connectivity index (χ1) is 12.2. The number of hydrogen-bond donors (Lipinski definition) is 4. The number of nitrogen functional groups attached to an aromatic ring is 1. The number of phenolic OH excluding ortho intramolecular Hbond substituents is 1. The number of anilines is 2. The number of aromatic hydroxyl groups is 1. The third kappa shape index (κ3) is 3.19. The predicted molar refractivity (Wildman–Crippen MR) is 99.0 cm³/mol. The highest BCUT2D eigenvalue weighted by atomic mass is 32.2. The Hall–Kier alpha value is -3.10. The number of fused-ring (bicyclic) bond motifs is 1. The van der Waals surface area contributed by atoms with Crippen molar-refractivity contribution < 1.29 is 22.9 Å². The van der Waals surface area contributed by atoms with Gasteiger partial charge in [0.1, 0.15) is 10.6 Å². The summed E-state index contributed by atoms with van der Waals surface area (Å²) in [6.45, 7) is 1.82. The maximum Gasteiger partial charge on any atom is 0.295 e. The summed E-state index contributed by atoms with van der Waals surface area (Å²) >= 11 is 0. The average Bonchev–Trinajstić information content (AvgIpc) is 2.56. The average molecular weight is 372 g/mol. The van der Waals surface area contributed by atoms with Gasteiger partial charge in [0.15, 0.2) is 0 Å². The molecule has 0 unspecified atom stereocenters. The Bertz CT molecular complexity index is 1140. The van der Waals surface area contributed by atoms with Crippen LogP contribution in [0.25, 0.3) is 10.8 Å². The van der Waals surface area contributed by atoms with Gasteiger partial charge in [-0.05, 0) is 42.8 Å². The van der Waals surface area contributed by atoms with Gasteiger partial charge in [0.25, 0.3) is 16.0 Å². The van der Waals surface area contributed by atoms with Crippen molar-refractivity contribution in [2.75, 3.05) is 11.1 Å². The molecule has 0 saturated heterocycles. The Labute approximate surface area is 149 Å². The van der Waals surface area contributed by atoms with Gasteiger partial charge < -0.3 is 16.2 Å². The first kappa shape index (κ1) is 17.7. The first-order valence-corrected chi connectivity index (χ1v) is 9.02. The molecule has 0 aromatic heterocycles. The highest BCUT2D eigenvalue weighted by Crippen LogP contribution is 2.35. The molecule has 3 aromatic carbocycles. The minimum Gasteiger partial charge on any atom is -0.507 e. The monoisotopic (exact) mass is 372 g/mol. The summed E-state index contributed by atoms with van der Waals surface area (Å²) in [5.41, 5.74) is 7.64. The van der Waals surface area contributed by atoms with E-state index in [1.807, 2.05) is 6.92 Å². The van der Waals surface area contributed by atoms with Crippen LogP contribution in [-0.4, -0.2) is 24.0 Å². The number of carbonyl (C=O) groups excluding carboxylic acids is 1. The lowest BCUT2D eigenvalue weighted by Crippen LogP contribution is -2.13. The first-order valence-electron chi connectivity index (χ1n) is 7.58. The normalized spacial score (nSPS) is 11.5. The minimum atomic E-state index is -4.49. The van der Waals surface area contributed by atoms with Crippen LogP contribution in [0.5, 0.6) is 5.75 Å². The second-order valence-electron chi connectivity index (χ2n) is 5.81. The lowest BCUT2D eigenvalue weighted by Gasteiger charge is -2.12. The van der Waals surface area contributed by atoms with E-state index in [4.69, 9.17) is 5.73 Å². The number of aryl methyl sites for hydroxylation is 1. The minimum absolute atomic E-state index is 0.0914. The molecular weight excluding hydrogens is 356 g/mol. The van der Waals surface area contributed by atoms with E-state index in [9.17, 15) is 22.9 Å². The van der Waals surface area contributed by atoms with Gasteiger partial charge in [-0.15, -0.1) is 0 Å². The molecule has 0 fully saturated rings. The molecular formula is C18H16N2O5S. The molecule has 0 saturated carbocycles. The van der Waals surface area contributed by atoms with E-state index in [0.29, 0.717) is 11.3 Å². The Morgan fingerprint density at radius 3 is 2.50 bits per heavy atom. The zero-order valence-corrected chi connectivity index (χ0v) is 14.5. The maximum atomic E-state index is 12.5. The largest absolute Gasteiger partial charge is 0.507 e. The van der Waals surface area contributed by atoms with Gasteiger partial charge in [-0.25, -0.2) is 0 Å². The van der Waals surface area contributed by atoms with Crippen LogP contribution in [0.15, 0.2) is 53.4 Å². The van der Waals surface area contributed by atoms with Gasteiger partial charge in [-0.3, -0.25) is 9.35 Å². The van der Waals surface area contributed by atoms with Gasteiger partial charge in [-0.1, -0.05) is 18.2 Å². The molecule has 7 nitrogen and oxygen atoms in total. The van der Waals surface area contributed by atoms with Crippen molar-refractivity contribution in [3.8, 4) is 5.75 Å². The van der Waals surface area contributed by atoms with Crippen LogP contribution in [0.4, 0.5) is 11.4 Å². The fraction of sp³-hybridized carbons (Fsp3) is 0.0556. The summed E-state index contributed by atoms with van der Waals surface area (Å²) in [5.74, 6) is -0.701. The molecule has 3 rings (SSSR count). The van der Waals surface area contributed by atoms with Crippen LogP contribution in [0.2, 0.25) is 0 Å². The van der Waals surface area contributed by atoms with E-state index in [2.05, 4.69) is 5.32 Å². The van der Waals surface area contributed by atoms with E-state index >= 15 is 0 Å². The van der Waals surface area contributed by atoms with E-state index in [-0.39, 0.29) is 27.1 Å². The summed E-state index contributed by atoms with van der Waals surface area (Å²) in [6.07, 6.45) is 0. The number of carbonyl (C=O) groups is 1. The summed E-state index contributed by atoms with van der Waals surface area (Å²) < 4.78 is 32.5. The van der Waals surface area contributed by atoms with Crippen LogP contribution in [0.1, 0.15) is 15.9 Å². The fourth-order valence-corrected chi connectivity index (χ4v) is 3.35. The van der Waals surface area contributed by atoms with Crippen molar-refractivity contribution in [2.45, 2.75) is 11.8 Å². The summed E-state index contributed by atoms with van der Waals surface area (Å²) in [7, 11) is -4.49. The van der Waals surface area contributed by atoms with Gasteiger partial charge in [0.2, 0.25) is 0 Å². The maximum absolute atomic E-state index is 12.5. The molecule has 26 heavy (non-hydrogen) atoms. The zero-order valence-electron chi connectivity index (χ0n) is 13.7. The van der Waals surface area contributed by atoms with Crippen molar-refractivity contribution in [1.29, 1.82) is 0 Å². The number of benzene rings is 3. The van der Waals surface area contributed by atoms with Crippen molar-refractivity contribution in [1.82, 2.24) is 0 Å². The molecule has 8 heteroatoms. The number of rotatable bonds is 3. The summed E-state index contributed by atoms with van der Waals surface area (Å²) in [5, 5.41) is 13.0. The smallest absolute Gasteiger partial charge is 0.295 e. The second kappa shape index (κ2) is 6.32. The van der Waals surface area contributed by atoms with Crippen LogP contribution >= 0.6 is 0 Å². The van der Waals surface area contributed by atoms with Crippen molar-refractivity contribution in [3.05, 3.63) is 59.7 Å². The molecule has 134 valence electrons. The molecule has 5 N–H and O–H groups in total. The Balaban J connectivity index is 2.11. The number of amides is 1. The standard InChI is InChI=1S/C18H16N2O5S/c1-10-5-6-11(9-13(10)19)18(22)20-14-4-2-3-12-16(26(23,24)25)8-7-15(21)17(12)14/h2-9,21H,19H2,1H3,(H,20,22)(H,23,24,25). The lowest BCUT2D eigenvalue weighted by molar-refractivity contribution is 0.102. The molecule has 0 aliphatic carbocycles. The molecule has 0 aliphatic rings. The van der Waals surface area contributed by atoms with Crippen molar-refractivity contribution in [3.63, 3.8) is 0 Å². The highest BCUT2D eigenvalue weighted by molar-refractivity contribution is 7.86. The number of nitrogens with one attached hydrogen (secondary N) is 1. The second-order valence-corrected chi connectivity index (χ2v) is 7.20. The predicted octanol–water partition coefficient (Wildman–Crippen LogP) is 2.94. The van der Waals surface area contributed by atoms with E-state index in [1.54, 1.807) is 12.1 Å². The third-order valence-corrected chi connectivity index (χ3v) is 4.96. The zero-order chi connectivity index (χ0) is 19.1. The van der Waals surface area contributed by atoms with Crippen LogP contribution in [0.3, 0.4) is 0 Å². The van der Waals surface area contributed by atoms with Crippen molar-refractivity contribution >= 4 is 38.2 Å². The molecule has 1 amide bonds. The van der Waals surface area contributed by atoms with Gasteiger partial charge in [0.05, 0.1) is 5.69 Å². The fourth-order valence-electron chi connectivity index (χ4n) is 2.67. The topological polar surface area (TPSA) is 130 Å². The molecule has 0 spiro atoms. The van der Waals surface area contributed by atoms with Gasteiger partial charge >= 0.3 is 0 Å². The molecule has 0 atom stereocenters. The summed E-state index contributed by atoms with van der Waals surface area (Å²) in [4.78, 5) is 12.1. The van der Waals surface area contributed by atoms with Crippen molar-refractivity contribution in [2.24, 2.45) is 0 Å². The molecule has 0 bridgehead atoms. The Morgan fingerprint density at radius 2 is 1.85 bits per heavy atom. The molecule has 0 radical (unpaired) electrons. The summed E-state index contributed by atoms with van der Waals surface area (Å²) in [6, 6.07) is 11.5. The quantitative estimate of drug-likeness (QED) is 0.413. The van der Waals surface area contributed by atoms with E-state index in [1.165, 1.54) is 24.3 Å². The molecule has 3 aromatic rings. The SMILES string of the molecule is Cc1ccc(C(=O)Nc2cccc3c(S(=O)(=O)O)ccc(O)c23)cc1N. The number of hydrogen-bond acceptors (Lipinski definition) is 5. The number of phenols is 1. The lowest BCUT2D eigenvalue weighted by atomic mass is 10.1. The third-order valence-electron chi connectivity index (χ3n) is 4.05. The Morgan fingerprint density at radius 1 is 1.12 bits per heavy atom. The molecule has 0 aliphatic heterocycles. The van der Waals surface area contributed by atoms with E-state index < -0.39 is 16.0 Å². The van der Waals surface area contributed by atoms with Gasteiger partial charge in [0, 0.05) is 22.0 Å². The number of nitrogens with two attached hydrogens (primary N) is 1. The Kier molecular flexibility index (Phi) is 4.31. The van der Waals surface area contributed by atoms with Crippen LogP contribution in [0, 0.1) is 6.92 Å². The van der Waals surface area contributed by atoms with Crippen LogP contribution < -0.4 is 11.1 Å².